The summed E-state index contributed by atoms with van der Waals surface area (Å²) in [4.78, 5) is 0. The molecule has 0 aliphatic rings. The first-order valence-corrected chi connectivity index (χ1v) is 13.6. The SMILES string of the molecule is C[Si](C)(C)OP(=O)(OC(F)C(F)F)O[Si](C)(C)C. The zero-order chi connectivity index (χ0) is 14.8. The Morgan fingerprint density at radius 3 is 1.44 bits per heavy atom. The van der Waals surface area contributed by atoms with Gasteiger partial charge in [0.2, 0.25) is 0 Å². The number of phosphoric acid groups is 1. The van der Waals surface area contributed by atoms with Crippen molar-refractivity contribution in [1.29, 1.82) is 0 Å². The van der Waals surface area contributed by atoms with E-state index in [2.05, 4.69) is 4.52 Å². The number of alkyl halides is 3. The normalized spacial score (nSPS) is 16.1. The average Bonchev–Trinajstić information content (AvgIpc) is 1.93. The molecule has 0 saturated carbocycles. The van der Waals surface area contributed by atoms with E-state index in [0.29, 0.717) is 0 Å². The Kier molecular flexibility index (Phi) is 6.30. The molecule has 0 aromatic heterocycles. The molecule has 0 saturated heterocycles. The molecule has 10 heteroatoms. The molecule has 18 heavy (non-hydrogen) atoms. The van der Waals surface area contributed by atoms with Gasteiger partial charge in [0, 0.05) is 0 Å². The van der Waals surface area contributed by atoms with Gasteiger partial charge >= 0.3 is 7.82 Å². The van der Waals surface area contributed by atoms with Gasteiger partial charge in [0.25, 0.3) is 12.8 Å². The van der Waals surface area contributed by atoms with Crippen LogP contribution < -0.4 is 0 Å². The monoisotopic (exact) mass is 324 g/mol. The van der Waals surface area contributed by atoms with E-state index >= 15 is 0 Å². The highest BCUT2D eigenvalue weighted by Crippen LogP contribution is 2.55. The summed E-state index contributed by atoms with van der Waals surface area (Å²) < 4.78 is 63.8. The van der Waals surface area contributed by atoms with Crippen molar-refractivity contribution < 1.29 is 30.7 Å². The summed E-state index contributed by atoms with van der Waals surface area (Å²) in [5, 5.41) is 0. The van der Waals surface area contributed by atoms with Gasteiger partial charge in [-0.15, -0.1) is 0 Å². The van der Waals surface area contributed by atoms with Crippen molar-refractivity contribution in [3.8, 4) is 0 Å². The van der Waals surface area contributed by atoms with Gasteiger partial charge in [-0.1, -0.05) is 0 Å². The molecule has 0 heterocycles. The third kappa shape index (κ3) is 8.44. The van der Waals surface area contributed by atoms with Gasteiger partial charge < -0.3 is 8.43 Å². The van der Waals surface area contributed by atoms with Gasteiger partial charge in [0.1, 0.15) is 0 Å². The van der Waals surface area contributed by atoms with Gasteiger partial charge in [-0.05, 0) is 39.3 Å². The summed E-state index contributed by atoms with van der Waals surface area (Å²) in [7, 11) is -9.10. The van der Waals surface area contributed by atoms with E-state index in [4.69, 9.17) is 8.43 Å². The summed E-state index contributed by atoms with van der Waals surface area (Å²) in [5.74, 6) is 0. The Balaban J connectivity index is 4.99. The zero-order valence-corrected chi connectivity index (χ0v) is 14.3. The fraction of sp³-hybridized carbons (Fsp3) is 1.00. The Morgan fingerprint density at radius 2 is 1.22 bits per heavy atom. The molecule has 110 valence electrons. The molecule has 0 aliphatic heterocycles. The van der Waals surface area contributed by atoms with Crippen LogP contribution >= 0.6 is 7.82 Å². The highest BCUT2D eigenvalue weighted by Gasteiger charge is 2.42. The third-order valence-electron chi connectivity index (χ3n) is 1.20. The average molecular weight is 324 g/mol. The second-order valence-electron chi connectivity index (χ2n) is 5.65. The van der Waals surface area contributed by atoms with Crippen LogP contribution in [0.3, 0.4) is 0 Å². The quantitative estimate of drug-likeness (QED) is 0.515. The van der Waals surface area contributed by atoms with E-state index in [1.807, 2.05) is 0 Å². The Labute approximate surface area is 108 Å². The molecular weight excluding hydrogens is 304 g/mol. The highest BCUT2D eigenvalue weighted by molar-refractivity contribution is 7.52. The number of rotatable bonds is 7. The van der Waals surface area contributed by atoms with E-state index in [-0.39, 0.29) is 0 Å². The fourth-order valence-electron chi connectivity index (χ4n) is 0.902. The Hall–Kier alpha value is 0.334. The first-order valence-electron chi connectivity index (χ1n) is 5.36. The molecule has 0 spiro atoms. The van der Waals surface area contributed by atoms with Crippen molar-refractivity contribution >= 4 is 24.5 Å². The predicted molar refractivity (Wildman–Crippen MR) is 68.5 cm³/mol. The fourth-order valence-corrected chi connectivity index (χ4v) is 7.44. The van der Waals surface area contributed by atoms with E-state index in [0.717, 1.165) is 0 Å². The minimum absolute atomic E-state index is 1.67. The molecule has 0 amide bonds. The van der Waals surface area contributed by atoms with Crippen molar-refractivity contribution in [2.45, 2.75) is 52.1 Å². The van der Waals surface area contributed by atoms with Crippen LogP contribution in [0.4, 0.5) is 13.2 Å². The van der Waals surface area contributed by atoms with Crippen LogP contribution in [0.5, 0.6) is 0 Å². The van der Waals surface area contributed by atoms with Crippen LogP contribution in [0.15, 0.2) is 0 Å². The van der Waals surface area contributed by atoms with E-state index in [1.54, 1.807) is 39.3 Å². The summed E-state index contributed by atoms with van der Waals surface area (Å²) in [6.45, 7) is 10.0. The predicted octanol–water partition coefficient (Wildman–Crippen LogP) is 4.37. The first-order chi connectivity index (χ1) is 7.74. The Morgan fingerprint density at radius 1 is 0.889 bits per heavy atom. The zero-order valence-electron chi connectivity index (χ0n) is 11.4. The van der Waals surface area contributed by atoms with Gasteiger partial charge in [-0.25, -0.2) is 22.3 Å². The maximum Gasteiger partial charge on any atom is 0.457 e. The number of halogens is 3. The van der Waals surface area contributed by atoms with Crippen molar-refractivity contribution in [3.63, 3.8) is 0 Å². The lowest BCUT2D eigenvalue weighted by molar-refractivity contribution is -0.0777. The van der Waals surface area contributed by atoms with Crippen LogP contribution in [0.2, 0.25) is 39.3 Å². The van der Waals surface area contributed by atoms with Crippen LogP contribution in [0, 0.1) is 0 Å². The third-order valence-corrected chi connectivity index (χ3v) is 7.83. The molecule has 4 nitrogen and oxygen atoms in total. The largest absolute Gasteiger partial charge is 0.457 e. The molecule has 1 unspecified atom stereocenters. The van der Waals surface area contributed by atoms with Crippen molar-refractivity contribution in [2.24, 2.45) is 0 Å². The van der Waals surface area contributed by atoms with Gasteiger partial charge in [0.15, 0.2) is 16.6 Å². The lowest BCUT2D eigenvalue weighted by Gasteiger charge is -2.30. The van der Waals surface area contributed by atoms with E-state index in [9.17, 15) is 17.7 Å². The summed E-state index contributed by atoms with van der Waals surface area (Å²) in [6, 6.07) is 0. The summed E-state index contributed by atoms with van der Waals surface area (Å²) in [5.41, 5.74) is 0. The molecule has 0 aliphatic carbocycles. The van der Waals surface area contributed by atoms with Crippen molar-refractivity contribution in [1.82, 2.24) is 0 Å². The maximum atomic E-state index is 12.9. The second-order valence-corrected chi connectivity index (χ2v) is 16.7. The minimum atomic E-state index is -4.30. The Bertz CT molecular complexity index is 296. The van der Waals surface area contributed by atoms with Crippen molar-refractivity contribution in [2.75, 3.05) is 0 Å². The van der Waals surface area contributed by atoms with Crippen LogP contribution in [0.1, 0.15) is 0 Å². The molecule has 0 fully saturated rings. The standard InChI is InChI=1S/C8H20F3O4PSi2/c1-17(2,3)14-16(12,15-18(4,5)6)13-8(11)7(9)10/h7-8H,1-6H3. The summed E-state index contributed by atoms with van der Waals surface area (Å²) in [6.07, 6.45) is -6.38. The number of hydrogen-bond donors (Lipinski definition) is 0. The lowest BCUT2D eigenvalue weighted by atomic mass is 10.7. The second kappa shape index (κ2) is 6.19. The lowest BCUT2D eigenvalue weighted by Crippen LogP contribution is -2.32. The van der Waals surface area contributed by atoms with Gasteiger partial charge in [0.05, 0.1) is 0 Å². The van der Waals surface area contributed by atoms with Crippen LogP contribution in [-0.4, -0.2) is 29.4 Å². The molecule has 0 bridgehead atoms. The van der Waals surface area contributed by atoms with Crippen LogP contribution in [0.25, 0.3) is 0 Å². The molecular formula is C8H20F3O4PSi2. The van der Waals surface area contributed by atoms with Gasteiger partial charge in [-0.3, -0.25) is 0 Å². The molecule has 0 N–H and O–H groups in total. The van der Waals surface area contributed by atoms with E-state index in [1.165, 1.54) is 0 Å². The van der Waals surface area contributed by atoms with Crippen LogP contribution in [-0.2, 0) is 17.5 Å². The molecule has 0 aromatic carbocycles. The molecule has 1 atom stereocenters. The highest BCUT2D eigenvalue weighted by atomic mass is 31.2. The van der Waals surface area contributed by atoms with Crippen molar-refractivity contribution in [3.05, 3.63) is 0 Å². The van der Waals surface area contributed by atoms with Gasteiger partial charge in [-0.2, -0.15) is 0 Å². The number of hydrogen-bond acceptors (Lipinski definition) is 4. The molecule has 0 radical (unpaired) electrons. The smallest absolute Gasteiger partial charge is 0.331 e. The molecule has 0 aromatic rings. The molecule has 0 rings (SSSR count). The van der Waals surface area contributed by atoms with E-state index < -0.39 is 37.2 Å². The minimum Gasteiger partial charge on any atom is -0.331 e. The topological polar surface area (TPSA) is 44.8 Å². The maximum absolute atomic E-state index is 12.9. The summed E-state index contributed by atoms with van der Waals surface area (Å²) >= 11 is 0. The first kappa shape index (κ1) is 18.3.